The van der Waals surface area contributed by atoms with Gasteiger partial charge in [-0.2, -0.15) is 4.98 Å². The first kappa shape index (κ1) is 12.4. The smallest absolute Gasteiger partial charge is 0.224 e. The van der Waals surface area contributed by atoms with Crippen molar-refractivity contribution in [2.75, 3.05) is 11.9 Å². The summed E-state index contributed by atoms with van der Waals surface area (Å²) in [4.78, 5) is 20.4. The molecule has 1 heterocycles. The fourth-order valence-corrected chi connectivity index (χ4v) is 1.76. The van der Waals surface area contributed by atoms with Gasteiger partial charge in [-0.1, -0.05) is 6.07 Å². The lowest BCUT2D eigenvalue weighted by molar-refractivity contribution is 1.05. The second-order valence-electron chi connectivity index (χ2n) is 3.82. The van der Waals surface area contributed by atoms with Crippen LogP contribution in [0, 0.1) is 11.8 Å². The average molecular weight is 263 g/mol. The van der Waals surface area contributed by atoms with Crippen LogP contribution < -0.4 is 4.90 Å². The van der Waals surface area contributed by atoms with Gasteiger partial charge in [-0.05, 0) is 41.9 Å². The molecule has 1 aromatic heterocycles. The molecule has 0 radical (unpaired) electrons. The lowest BCUT2D eigenvalue weighted by Gasteiger charge is -2.20. The summed E-state index contributed by atoms with van der Waals surface area (Å²) >= 11 is 5.79. The first-order valence-electron chi connectivity index (χ1n) is 5.28. The van der Waals surface area contributed by atoms with Gasteiger partial charge in [0.2, 0.25) is 5.28 Å². The first-order chi connectivity index (χ1) is 8.61. The van der Waals surface area contributed by atoms with Crippen LogP contribution in [0.15, 0.2) is 35.6 Å². The maximum Gasteiger partial charge on any atom is 0.224 e. The van der Waals surface area contributed by atoms with E-state index in [2.05, 4.69) is 15.1 Å². The lowest BCUT2D eigenvalue weighted by Crippen LogP contribution is -2.13. The Bertz CT molecular complexity index is 588. The van der Waals surface area contributed by atoms with Crippen molar-refractivity contribution in [2.24, 2.45) is 5.18 Å². The third-order valence-electron chi connectivity index (χ3n) is 2.56. The van der Waals surface area contributed by atoms with E-state index < -0.39 is 0 Å². The fourth-order valence-electron chi connectivity index (χ4n) is 1.63. The van der Waals surface area contributed by atoms with Gasteiger partial charge in [0, 0.05) is 24.5 Å². The van der Waals surface area contributed by atoms with Gasteiger partial charge < -0.3 is 4.90 Å². The molecule has 2 aromatic rings. The number of nitrogens with zero attached hydrogens (tertiary/aromatic N) is 4. The zero-order valence-corrected chi connectivity index (χ0v) is 10.7. The van der Waals surface area contributed by atoms with Crippen LogP contribution in [0.25, 0.3) is 0 Å². The molecule has 0 saturated heterocycles. The number of anilines is 2. The van der Waals surface area contributed by atoms with E-state index in [9.17, 15) is 4.91 Å². The summed E-state index contributed by atoms with van der Waals surface area (Å²) in [6, 6.07) is 6.96. The molecule has 5 nitrogen and oxygen atoms in total. The average Bonchev–Trinajstić information content (AvgIpc) is 2.41. The molecule has 2 rings (SSSR count). The monoisotopic (exact) mass is 262 g/mol. The highest BCUT2D eigenvalue weighted by Crippen LogP contribution is 2.27. The Morgan fingerprint density at radius 3 is 2.89 bits per heavy atom. The van der Waals surface area contributed by atoms with Crippen LogP contribution in [0.1, 0.15) is 5.56 Å². The van der Waals surface area contributed by atoms with E-state index in [1.54, 1.807) is 24.4 Å². The fraction of sp³-hybridized carbons (Fsp3) is 0.167. The number of halogens is 1. The molecule has 0 amide bonds. The van der Waals surface area contributed by atoms with E-state index in [1.165, 1.54) is 0 Å². The highest BCUT2D eigenvalue weighted by molar-refractivity contribution is 6.28. The number of benzene rings is 1. The van der Waals surface area contributed by atoms with Crippen LogP contribution in [0.3, 0.4) is 0 Å². The van der Waals surface area contributed by atoms with Crippen LogP contribution >= 0.6 is 11.6 Å². The second kappa shape index (κ2) is 5.10. The molecule has 0 saturated carbocycles. The van der Waals surface area contributed by atoms with Crippen LogP contribution in [-0.4, -0.2) is 17.0 Å². The topological polar surface area (TPSA) is 58.5 Å². The van der Waals surface area contributed by atoms with Crippen molar-refractivity contribution in [3.05, 3.63) is 46.2 Å². The summed E-state index contributed by atoms with van der Waals surface area (Å²) in [6.45, 7) is 1.89. The second-order valence-corrected chi connectivity index (χ2v) is 4.15. The van der Waals surface area contributed by atoms with Gasteiger partial charge in [-0.25, -0.2) is 4.98 Å². The van der Waals surface area contributed by atoms with Gasteiger partial charge in [0.05, 0.1) is 0 Å². The molecule has 0 atom stereocenters. The van der Waals surface area contributed by atoms with Gasteiger partial charge in [0.25, 0.3) is 0 Å². The van der Waals surface area contributed by atoms with E-state index in [0.717, 1.165) is 11.3 Å². The number of rotatable bonds is 3. The Kier molecular flexibility index (Phi) is 3.53. The minimum absolute atomic E-state index is 0.187. The number of hydrogen-bond acceptors (Lipinski definition) is 5. The summed E-state index contributed by atoms with van der Waals surface area (Å²) in [5, 5.41) is 3.10. The molecule has 92 valence electrons. The predicted molar refractivity (Wildman–Crippen MR) is 71.7 cm³/mol. The van der Waals surface area contributed by atoms with E-state index >= 15 is 0 Å². The third-order valence-corrected chi connectivity index (χ3v) is 2.74. The standard InChI is InChI=1S/C12H11ClN4O/c1-8-7-14-12(13)15-11(8)17(2)10-5-3-4-9(6-10)16-18/h3-7H,1-2H3. The quantitative estimate of drug-likeness (QED) is 0.626. The van der Waals surface area contributed by atoms with Gasteiger partial charge in [0.1, 0.15) is 11.5 Å². The van der Waals surface area contributed by atoms with Crippen molar-refractivity contribution >= 4 is 28.8 Å². The van der Waals surface area contributed by atoms with Gasteiger partial charge >= 0.3 is 0 Å². The van der Waals surface area contributed by atoms with Crippen molar-refractivity contribution in [3.63, 3.8) is 0 Å². The van der Waals surface area contributed by atoms with Crippen molar-refractivity contribution < 1.29 is 0 Å². The van der Waals surface area contributed by atoms with Crippen LogP contribution in [0.4, 0.5) is 17.2 Å². The molecule has 18 heavy (non-hydrogen) atoms. The van der Waals surface area contributed by atoms with Crippen molar-refractivity contribution in [1.82, 2.24) is 9.97 Å². The Morgan fingerprint density at radius 2 is 2.17 bits per heavy atom. The molecule has 0 fully saturated rings. The maximum absolute atomic E-state index is 10.5. The SMILES string of the molecule is Cc1cnc(Cl)nc1N(C)c1cccc(N=O)c1. The minimum atomic E-state index is 0.187. The van der Waals surface area contributed by atoms with Crippen LogP contribution in [0.5, 0.6) is 0 Å². The van der Waals surface area contributed by atoms with Crippen LogP contribution in [-0.2, 0) is 0 Å². The zero-order chi connectivity index (χ0) is 13.1. The zero-order valence-electron chi connectivity index (χ0n) is 9.96. The molecule has 0 bridgehead atoms. The summed E-state index contributed by atoms with van der Waals surface area (Å²) in [5.74, 6) is 0.693. The van der Waals surface area contributed by atoms with Crippen molar-refractivity contribution in [3.8, 4) is 0 Å². The van der Waals surface area contributed by atoms with Gasteiger partial charge in [-0.3, -0.25) is 0 Å². The number of hydrogen-bond donors (Lipinski definition) is 0. The molecule has 0 aliphatic carbocycles. The summed E-state index contributed by atoms with van der Waals surface area (Å²) in [7, 11) is 1.84. The molecule has 0 spiro atoms. The number of aryl methyl sites for hydroxylation is 1. The molecule has 0 aliphatic rings. The Hall–Kier alpha value is -2.01. The van der Waals surface area contributed by atoms with E-state index in [-0.39, 0.29) is 5.28 Å². The van der Waals surface area contributed by atoms with Crippen molar-refractivity contribution in [1.29, 1.82) is 0 Å². The van der Waals surface area contributed by atoms with E-state index in [0.29, 0.717) is 11.5 Å². The largest absolute Gasteiger partial charge is 0.329 e. The Morgan fingerprint density at radius 1 is 1.39 bits per heavy atom. The highest BCUT2D eigenvalue weighted by Gasteiger charge is 2.10. The van der Waals surface area contributed by atoms with Gasteiger partial charge in [-0.15, -0.1) is 4.91 Å². The molecule has 6 heteroatoms. The Balaban J connectivity index is 2.43. The molecule has 1 aromatic carbocycles. The van der Waals surface area contributed by atoms with Crippen LogP contribution in [0.2, 0.25) is 5.28 Å². The van der Waals surface area contributed by atoms with Crippen molar-refractivity contribution in [2.45, 2.75) is 6.92 Å². The minimum Gasteiger partial charge on any atom is -0.329 e. The predicted octanol–water partition coefficient (Wildman–Crippen LogP) is 3.60. The van der Waals surface area contributed by atoms with E-state index in [1.807, 2.05) is 24.9 Å². The van der Waals surface area contributed by atoms with Gasteiger partial charge in [0.15, 0.2) is 0 Å². The molecule has 0 aliphatic heterocycles. The maximum atomic E-state index is 10.5. The molecular weight excluding hydrogens is 252 g/mol. The lowest BCUT2D eigenvalue weighted by atomic mass is 10.2. The summed E-state index contributed by atoms with van der Waals surface area (Å²) in [5.41, 5.74) is 2.08. The summed E-state index contributed by atoms with van der Waals surface area (Å²) in [6.07, 6.45) is 1.66. The molecular formula is C12H11ClN4O. The number of aromatic nitrogens is 2. The highest BCUT2D eigenvalue weighted by atomic mass is 35.5. The molecule has 0 unspecified atom stereocenters. The third kappa shape index (κ3) is 2.46. The number of nitroso groups, excluding NO2 is 1. The first-order valence-corrected chi connectivity index (χ1v) is 5.66. The molecule has 0 N–H and O–H groups in total. The van der Waals surface area contributed by atoms with E-state index in [4.69, 9.17) is 11.6 Å². The Labute approximate surface area is 109 Å². The summed E-state index contributed by atoms with van der Waals surface area (Å²) < 4.78 is 0. The normalized spacial score (nSPS) is 10.2.